The molecule has 0 aliphatic rings. The smallest absolute Gasteiger partial charge is 0.0885 e. The maximum Gasteiger partial charge on any atom is 0.0885 e. The van der Waals surface area contributed by atoms with Crippen molar-refractivity contribution < 1.29 is 4.74 Å². The standard InChI is InChI=1S/C18H21NO/c1-2-20-15-9-14-19-18(16-10-5-3-6-11-16)17-12-7-4-8-13-17/h2-8,10-13,18-19H,1,9,14-15H2. The Labute approximate surface area is 121 Å². The van der Waals surface area contributed by atoms with Crippen molar-refractivity contribution in [3.63, 3.8) is 0 Å². The molecule has 0 spiro atoms. The van der Waals surface area contributed by atoms with Crippen LogP contribution in [0.25, 0.3) is 0 Å². The summed E-state index contributed by atoms with van der Waals surface area (Å²) in [5, 5.41) is 3.60. The molecule has 0 unspecified atom stereocenters. The van der Waals surface area contributed by atoms with E-state index in [1.807, 2.05) is 12.1 Å². The summed E-state index contributed by atoms with van der Waals surface area (Å²) < 4.78 is 5.15. The Hall–Kier alpha value is -2.06. The van der Waals surface area contributed by atoms with Crippen molar-refractivity contribution in [1.29, 1.82) is 0 Å². The molecule has 0 aliphatic heterocycles. The Morgan fingerprint density at radius 2 is 1.50 bits per heavy atom. The average molecular weight is 267 g/mol. The van der Waals surface area contributed by atoms with Crippen LogP contribution in [-0.4, -0.2) is 13.2 Å². The van der Waals surface area contributed by atoms with Crippen molar-refractivity contribution in [3.8, 4) is 0 Å². The first kappa shape index (κ1) is 14.4. The molecule has 0 bridgehead atoms. The van der Waals surface area contributed by atoms with Gasteiger partial charge in [-0.25, -0.2) is 0 Å². The highest BCUT2D eigenvalue weighted by Crippen LogP contribution is 2.21. The lowest BCUT2D eigenvalue weighted by atomic mass is 9.99. The monoisotopic (exact) mass is 267 g/mol. The van der Waals surface area contributed by atoms with Gasteiger partial charge in [-0.05, 0) is 24.1 Å². The Balaban J connectivity index is 2.03. The van der Waals surface area contributed by atoms with Gasteiger partial charge in [-0.1, -0.05) is 67.2 Å². The van der Waals surface area contributed by atoms with Crippen LogP contribution < -0.4 is 5.32 Å². The molecule has 104 valence electrons. The van der Waals surface area contributed by atoms with Crippen molar-refractivity contribution in [3.05, 3.63) is 84.6 Å². The number of rotatable bonds is 8. The molecule has 0 amide bonds. The van der Waals surface area contributed by atoms with Crippen molar-refractivity contribution in [2.75, 3.05) is 13.2 Å². The molecule has 20 heavy (non-hydrogen) atoms. The molecule has 2 heteroatoms. The third-order valence-corrected chi connectivity index (χ3v) is 3.17. The van der Waals surface area contributed by atoms with Crippen LogP contribution in [0.2, 0.25) is 0 Å². The lowest BCUT2D eigenvalue weighted by molar-refractivity contribution is 0.243. The van der Waals surface area contributed by atoms with E-state index in [1.165, 1.54) is 17.4 Å². The summed E-state index contributed by atoms with van der Waals surface area (Å²) in [6, 6.07) is 21.3. The second-order valence-electron chi connectivity index (χ2n) is 4.60. The lowest BCUT2D eigenvalue weighted by Gasteiger charge is -2.19. The summed E-state index contributed by atoms with van der Waals surface area (Å²) >= 11 is 0. The van der Waals surface area contributed by atoms with E-state index in [9.17, 15) is 0 Å². The van der Waals surface area contributed by atoms with Crippen LogP contribution in [0.1, 0.15) is 23.6 Å². The predicted molar refractivity (Wildman–Crippen MR) is 83.5 cm³/mol. The van der Waals surface area contributed by atoms with Gasteiger partial charge in [-0.15, -0.1) is 0 Å². The van der Waals surface area contributed by atoms with Gasteiger partial charge in [0.05, 0.1) is 18.9 Å². The van der Waals surface area contributed by atoms with E-state index in [-0.39, 0.29) is 6.04 Å². The second kappa shape index (κ2) is 8.18. The molecule has 0 radical (unpaired) electrons. The van der Waals surface area contributed by atoms with Crippen molar-refractivity contribution >= 4 is 0 Å². The van der Waals surface area contributed by atoms with Gasteiger partial charge in [0.25, 0.3) is 0 Å². The zero-order valence-corrected chi connectivity index (χ0v) is 11.7. The van der Waals surface area contributed by atoms with Gasteiger partial charge in [-0.2, -0.15) is 0 Å². The number of nitrogens with one attached hydrogen (secondary N) is 1. The van der Waals surface area contributed by atoms with E-state index in [0.29, 0.717) is 6.61 Å². The minimum atomic E-state index is 0.223. The average Bonchev–Trinajstić information content (AvgIpc) is 2.53. The van der Waals surface area contributed by atoms with Crippen molar-refractivity contribution in [2.24, 2.45) is 0 Å². The molecule has 2 aromatic carbocycles. The molecule has 0 aromatic heterocycles. The molecule has 2 rings (SSSR count). The maximum absolute atomic E-state index is 5.15. The first-order valence-electron chi connectivity index (χ1n) is 6.97. The predicted octanol–water partition coefficient (Wildman–Crippen LogP) is 3.92. The minimum Gasteiger partial charge on any atom is -0.502 e. The highest BCUT2D eigenvalue weighted by molar-refractivity contribution is 5.31. The maximum atomic E-state index is 5.15. The summed E-state index contributed by atoms with van der Waals surface area (Å²) in [6.07, 6.45) is 2.45. The van der Waals surface area contributed by atoms with Gasteiger partial charge in [0.15, 0.2) is 0 Å². The Bertz CT molecular complexity index is 456. The van der Waals surface area contributed by atoms with E-state index in [0.717, 1.165) is 13.0 Å². The van der Waals surface area contributed by atoms with E-state index in [4.69, 9.17) is 4.74 Å². The fraction of sp³-hybridized carbons (Fsp3) is 0.222. The minimum absolute atomic E-state index is 0.223. The van der Waals surface area contributed by atoms with Crippen LogP contribution in [0.4, 0.5) is 0 Å². The van der Waals surface area contributed by atoms with Gasteiger partial charge < -0.3 is 10.1 Å². The summed E-state index contributed by atoms with van der Waals surface area (Å²) in [4.78, 5) is 0. The normalized spacial score (nSPS) is 10.4. The number of ether oxygens (including phenoxy) is 1. The number of benzene rings is 2. The fourth-order valence-electron chi connectivity index (χ4n) is 2.20. The first-order valence-corrected chi connectivity index (χ1v) is 6.97. The number of hydrogen-bond acceptors (Lipinski definition) is 2. The molecule has 1 N–H and O–H groups in total. The molecular weight excluding hydrogens is 246 g/mol. The van der Waals surface area contributed by atoms with E-state index < -0.39 is 0 Å². The van der Waals surface area contributed by atoms with Gasteiger partial charge in [0, 0.05) is 0 Å². The first-order chi connectivity index (χ1) is 9.92. The summed E-state index contributed by atoms with van der Waals surface area (Å²) in [6.45, 7) is 5.15. The van der Waals surface area contributed by atoms with E-state index >= 15 is 0 Å². The third-order valence-electron chi connectivity index (χ3n) is 3.17. The quantitative estimate of drug-likeness (QED) is 0.578. The molecule has 0 aliphatic carbocycles. The van der Waals surface area contributed by atoms with Crippen LogP contribution in [0.15, 0.2) is 73.5 Å². The molecule has 0 saturated heterocycles. The third kappa shape index (κ3) is 4.25. The van der Waals surface area contributed by atoms with Gasteiger partial charge in [0.2, 0.25) is 0 Å². The van der Waals surface area contributed by atoms with E-state index in [1.54, 1.807) is 0 Å². The molecule has 2 aromatic rings. The lowest BCUT2D eigenvalue weighted by Crippen LogP contribution is -2.24. The topological polar surface area (TPSA) is 21.3 Å². The summed E-state index contributed by atoms with van der Waals surface area (Å²) in [5.74, 6) is 0. The Morgan fingerprint density at radius 1 is 0.950 bits per heavy atom. The van der Waals surface area contributed by atoms with Crippen LogP contribution >= 0.6 is 0 Å². The van der Waals surface area contributed by atoms with Crippen molar-refractivity contribution in [1.82, 2.24) is 5.32 Å². The van der Waals surface area contributed by atoms with Gasteiger partial charge in [0.1, 0.15) is 0 Å². The summed E-state index contributed by atoms with van der Waals surface area (Å²) in [5.41, 5.74) is 2.56. The molecule has 0 saturated carbocycles. The largest absolute Gasteiger partial charge is 0.502 e. The van der Waals surface area contributed by atoms with Gasteiger partial charge in [-0.3, -0.25) is 0 Å². The highest BCUT2D eigenvalue weighted by atomic mass is 16.5. The van der Waals surface area contributed by atoms with E-state index in [2.05, 4.69) is 60.4 Å². The molecular formula is C18H21NO. The molecule has 2 nitrogen and oxygen atoms in total. The van der Waals surface area contributed by atoms with Crippen LogP contribution in [0.3, 0.4) is 0 Å². The second-order valence-corrected chi connectivity index (χ2v) is 4.60. The molecule has 0 heterocycles. The van der Waals surface area contributed by atoms with Crippen LogP contribution in [-0.2, 0) is 4.74 Å². The molecule has 0 atom stereocenters. The number of hydrogen-bond donors (Lipinski definition) is 1. The summed E-state index contributed by atoms with van der Waals surface area (Å²) in [7, 11) is 0. The van der Waals surface area contributed by atoms with Crippen LogP contribution in [0.5, 0.6) is 0 Å². The van der Waals surface area contributed by atoms with Gasteiger partial charge >= 0.3 is 0 Å². The zero-order chi connectivity index (χ0) is 14.0. The van der Waals surface area contributed by atoms with Crippen molar-refractivity contribution in [2.45, 2.75) is 12.5 Å². The van der Waals surface area contributed by atoms with Crippen LogP contribution in [0, 0.1) is 0 Å². The SMILES string of the molecule is C=COCCCNC(c1ccccc1)c1ccccc1. The highest BCUT2D eigenvalue weighted by Gasteiger charge is 2.12. The molecule has 0 fully saturated rings. The zero-order valence-electron chi connectivity index (χ0n) is 11.7. The Kier molecular flexibility index (Phi) is 5.87. The Morgan fingerprint density at radius 3 is 2.00 bits per heavy atom. The fourth-order valence-corrected chi connectivity index (χ4v) is 2.20.